The number of benzene rings is 1. The number of aromatic nitrogens is 2. The zero-order valence-corrected chi connectivity index (χ0v) is 19.6. The molecule has 0 saturated carbocycles. The molecule has 3 aromatic rings. The molecule has 33 heavy (non-hydrogen) atoms. The monoisotopic (exact) mass is 463 g/mol. The lowest BCUT2D eigenvalue weighted by atomic mass is 10.0. The molecule has 0 spiro atoms. The number of hydrogen-bond donors (Lipinski definition) is 3. The van der Waals surface area contributed by atoms with Crippen molar-refractivity contribution in [3.63, 3.8) is 0 Å². The summed E-state index contributed by atoms with van der Waals surface area (Å²) < 4.78 is 1.64. The van der Waals surface area contributed by atoms with Gasteiger partial charge in [-0.3, -0.25) is 14.2 Å². The standard InChI is InChI=1S/C25H29N5O2S/c1-2-6-20(16-7-4-3-5-8-16)29-23-25(32)30-18(13-27-23)9-10-21(30)24(31)28-14-19-11-17-12-26-15-22(17)33-19/h3-5,7-8,11,13,20-21,26H,2,6,9-10,12,14-15H2,1H3,(H,27,29)(H,28,31)/t20-,21+/m1/s1. The van der Waals surface area contributed by atoms with E-state index in [1.807, 2.05) is 18.2 Å². The van der Waals surface area contributed by atoms with Gasteiger partial charge < -0.3 is 16.0 Å². The molecular weight excluding hydrogens is 434 g/mol. The molecule has 4 heterocycles. The molecule has 8 heteroatoms. The number of aryl methyl sites for hydroxylation is 1. The minimum atomic E-state index is -0.495. The predicted molar refractivity (Wildman–Crippen MR) is 130 cm³/mol. The molecule has 172 valence electrons. The van der Waals surface area contributed by atoms with Crippen LogP contribution in [0.1, 0.15) is 64.8 Å². The van der Waals surface area contributed by atoms with Crippen LogP contribution in [0.4, 0.5) is 5.82 Å². The Morgan fingerprint density at radius 2 is 2.15 bits per heavy atom. The van der Waals surface area contributed by atoms with E-state index in [1.54, 1.807) is 22.1 Å². The smallest absolute Gasteiger partial charge is 0.294 e. The SMILES string of the molecule is CCC[C@@H](Nc1ncc2n(c1=O)[C@H](C(=O)NCc1cc3c(s1)CNC3)CC2)c1ccccc1. The molecule has 5 rings (SSSR count). The number of carbonyl (C=O) groups excluding carboxylic acids is 1. The van der Waals surface area contributed by atoms with E-state index in [0.29, 0.717) is 25.2 Å². The third-order valence-corrected chi connectivity index (χ3v) is 7.61. The van der Waals surface area contributed by atoms with Crippen LogP contribution in [0.3, 0.4) is 0 Å². The minimum Gasteiger partial charge on any atom is -0.359 e. The van der Waals surface area contributed by atoms with E-state index >= 15 is 0 Å². The normalized spacial score (nSPS) is 17.4. The van der Waals surface area contributed by atoms with Gasteiger partial charge in [-0.25, -0.2) is 4.98 Å². The number of nitrogens with zero attached hydrogens (tertiary/aromatic N) is 2. The fraction of sp³-hybridized carbons (Fsp3) is 0.400. The molecule has 2 aliphatic rings. The van der Waals surface area contributed by atoms with Gasteiger partial charge in [0, 0.05) is 34.7 Å². The summed E-state index contributed by atoms with van der Waals surface area (Å²) in [7, 11) is 0. The lowest BCUT2D eigenvalue weighted by molar-refractivity contribution is -0.124. The van der Waals surface area contributed by atoms with Crippen LogP contribution in [0.5, 0.6) is 0 Å². The highest BCUT2D eigenvalue weighted by Crippen LogP contribution is 2.28. The van der Waals surface area contributed by atoms with Crippen molar-refractivity contribution in [2.45, 2.75) is 64.3 Å². The van der Waals surface area contributed by atoms with Crippen molar-refractivity contribution in [3.05, 3.63) is 79.5 Å². The van der Waals surface area contributed by atoms with E-state index in [1.165, 1.54) is 10.4 Å². The molecule has 1 aromatic carbocycles. The summed E-state index contributed by atoms with van der Waals surface area (Å²) in [4.78, 5) is 33.4. The third kappa shape index (κ3) is 4.45. The van der Waals surface area contributed by atoms with E-state index in [0.717, 1.165) is 42.1 Å². The quantitative estimate of drug-likeness (QED) is 0.475. The first-order valence-electron chi connectivity index (χ1n) is 11.6. The average molecular weight is 464 g/mol. The highest BCUT2D eigenvalue weighted by Gasteiger charge is 2.31. The summed E-state index contributed by atoms with van der Waals surface area (Å²) >= 11 is 1.74. The predicted octanol–water partition coefficient (Wildman–Crippen LogP) is 3.67. The highest BCUT2D eigenvalue weighted by atomic mass is 32.1. The molecule has 7 nitrogen and oxygen atoms in total. The van der Waals surface area contributed by atoms with Gasteiger partial charge in [0.05, 0.1) is 12.6 Å². The Morgan fingerprint density at radius 3 is 2.94 bits per heavy atom. The van der Waals surface area contributed by atoms with Crippen molar-refractivity contribution >= 4 is 23.1 Å². The summed E-state index contributed by atoms with van der Waals surface area (Å²) in [5.74, 6) is 0.204. The summed E-state index contributed by atoms with van der Waals surface area (Å²) in [6, 6.07) is 11.8. The summed E-state index contributed by atoms with van der Waals surface area (Å²) in [5.41, 5.74) is 3.05. The zero-order chi connectivity index (χ0) is 22.8. The maximum atomic E-state index is 13.4. The first-order chi connectivity index (χ1) is 16.1. The Hall–Kier alpha value is -2.97. The van der Waals surface area contributed by atoms with Gasteiger partial charge in [0.1, 0.15) is 6.04 Å². The zero-order valence-electron chi connectivity index (χ0n) is 18.8. The number of anilines is 1. The molecule has 0 bridgehead atoms. The average Bonchev–Trinajstić information content (AvgIpc) is 3.54. The first-order valence-corrected chi connectivity index (χ1v) is 12.5. The fourth-order valence-electron chi connectivity index (χ4n) is 4.77. The molecule has 0 radical (unpaired) electrons. The number of carbonyl (C=O) groups is 1. The second-order valence-electron chi connectivity index (χ2n) is 8.71. The van der Waals surface area contributed by atoms with E-state index < -0.39 is 6.04 Å². The van der Waals surface area contributed by atoms with Gasteiger partial charge >= 0.3 is 0 Å². The van der Waals surface area contributed by atoms with Gasteiger partial charge in [0.25, 0.3) is 5.56 Å². The van der Waals surface area contributed by atoms with Crippen molar-refractivity contribution in [1.82, 2.24) is 20.2 Å². The maximum Gasteiger partial charge on any atom is 0.294 e. The van der Waals surface area contributed by atoms with Crippen molar-refractivity contribution in [1.29, 1.82) is 0 Å². The van der Waals surface area contributed by atoms with Crippen molar-refractivity contribution in [3.8, 4) is 0 Å². The number of hydrogen-bond acceptors (Lipinski definition) is 6. The van der Waals surface area contributed by atoms with Crippen LogP contribution in [0.15, 0.2) is 47.4 Å². The molecular formula is C25H29N5O2S. The largest absolute Gasteiger partial charge is 0.359 e. The number of amides is 1. The van der Waals surface area contributed by atoms with Crippen LogP contribution < -0.4 is 21.5 Å². The third-order valence-electron chi connectivity index (χ3n) is 6.44. The van der Waals surface area contributed by atoms with Crippen LogP contribution in [-0.2, 0) is 30.8 Å². The molecule has 3 N–H and O–H groups in total. The Balaban J connectivity index is 1.32. The Labute approximate surface area is 197 Å². The second kappa shape index (κ2) is 9.49. The molecule has 2 aromatic heterocycles. The molecule has 0 fully saturated rings. The lowest BCUT2D eigenvalue weighted by Crippen LogP contribution is -2.36. The van der Waals surface area contributed by atoms with Gasteiger partial charge in [0.15, 0.2) is 5.82 Å². The van der Waals surface area contributed by atoms with E-state index in [4.69, 9.17) is 0 Å². The molecule has 2 aliphatic heterocycles. The minimum absolute atomic E-state index is 0.000926. The van der Waals surface area contributed by atoms with Gasteiger partial charge in [-0.1, -0.05) is 43.7 Å². The van der Waals surface area contributed by atoms with Crippen LogP contribution in [0.2, 0.25) is 0 Å². The molecule has 1 amide bonds. The molecule has 0 unspecified atom stereocenters. The van der Waals surface area contributed by atoms with Gasteiger partial charge in [-0.05, 0) is 36.5 Å². The van der Waals surface area contributed by atoms with Crippen LogP contribution >= 0.6 is 11.3 Å². The van der Waals surface area contributed by atoms with E-state index in [2.05, 4.69) is 46.1 Å². The molecule has 0 saturated heterocycles. The van der Waals surface area contributed by atoms with Crippen LogP contribution in [0.25, 0.3) is 0 Å². The maximum absolute atomic E-state index is 13.4. The van der Waals surface area contributed by atoms with Crippen molar-refractivity contribution < 1.29 is 4.79 Å². The summed E-state index contributed by atoms with van der Waals surface area (Å²) in [5, 5.41) is 9.74. The van der Waals surface area contributed by atoms with E-state index in [9.17, 15) is 9.59 Å². The van der Waals surface area contributed by atoms with Crippen molar-refractivity contribution in [2.24, 2.45) is 0 Å². The first kappa shape index (κ1) is 21.9. The number of nitrogens with one attached hydrogen (secondary N) is 3. The van der Waals surface area contributed by atoms with Gasteiger partial charge in [-0.2, -0.15) is 0 Å². The highest BCUT2D eigenvalue weighted by molar-refractivity contribution is 7.12. The van der Waals surface area contributed by atoms with E-state index in [-0.39, 0.29) is 17.5 Å². The number of thiophene rings is 1. The topological polar surface area (TPSA) is 88.0 Å². The number of fused-ring (bicyclic) bond motifs is 2. The Morgan fingerprint density at radius 1 is 1.30 bits per heavy atom. The summed E-state index contributed by atoms with van der Waals surface area (Å²) in [6.45, 7) is 4.43. The molecule has 2 atom stereocenters. The Bertz CT molecular complexity index is 1180. The second-order valence-corrected chi connectivity index (χ2v) is 9.93. The van der Waals surface area contributed by atoms with Crippen LogP contribution in [0, 0.1) is 0 Å². The number of rotatable bonds is 8. The van der Waals surface area contributed by atoms with Gasteiger partial charge in [0.2, 0.25) is 5.91 Å². The van der Waals surface area contributed by atoms with Crippen LogP contribution in [-0.4, -0.2) is 15.5 Å². The van der Waals surface area contributed by atoms with Crippen molar-refractivity contribution in [2.75, 3.05) is 5.32 Å². The fourth-order valence-corrected chi connectivity index (χ4v) is 5.87. The Kier molecular flexibility index (Phi) is 6.28. The van der Waals surface area contributed by atoms with Gasteiger partial charge in [-0.15, -0.1) is 11.3 Å². The summed E-state index contributed by atoms with van der Waals surface area (Å²) in [6.07, 6.45) is 4.90. The lowest BCUT2D eigenvalue weighted by Gasteiger charge is -2.20. The molecule has 0 aliphatic carbocycles.